The van der Waals surface area contributed by atoms with Gasteiger partial charge in [-0.05, 0) is 25.7 Å². The Hall–Kier alpha value is -1.38. The lowest BCUT2D eigenvalue weighted by molar-refractivity contribution is -0.137. The van der Waals surface area contributed by atoms with Crippen molar-refractivity contribution >= 4 is 11.8 Å². The van der Waals surface area contributed by atoms with Crippen molar-refractivity contribution in [2.24, 2.45) is 0 Å². The van der Waals surface area contributed by atoms with E-state index >= 15 is 0 Å². The molecule has 0 atom stereocenters. The highest BCUT2D eigenvalue weighted by Crippen LogP contribution is 2.27. The number of esters is 1. The fraction of sp³-hybridized carbons (Fsp3) is 0.538. The molecule has 0 heterocycles. The molecule has 0 aromatic heterocycles. The third-order valence-electron chi connectivity index (χ3n) is 2.60. The standard InChI is InChI=1S/C13H18O3/c1-3-4-8-12(15)11-7-5-6-9-13(11)16-10(2)14/h3H,1,4-9H2,2H3. The molecule has 0 bridgehead atoms. The van der Waals surface area contributed by atoms with Crippen LogP contribution in [0.4, 0.5) is 0 Å². The number of ether oxygens (including phenoxy) is 1. The zero-order valence-electron chi connectivity index (χ0n) is 9.75. The Morgan fingerprint density at radius 1 is 1.38 bits per heavy atom. The van der Waals surface area contributed by atoms with Crippen LogP contribution in [0.25, 0.3) is 0 Å². The van der Waals surface area contributed by atoms with Crippen LogP contribution in [-0.4, -0.2) is 11.8 Å². The molecule has 0 spiro atoms. The molecule has 0 aromatic rings. The fourth-order valence-corrected chi connectivity index (χ4v) is 1.84. The summed E-state index contributed by atoms with van der Waals surface area (Å²) < 4.78 is 5.10. The van der Waals surface area contributed by atoms with Crippen molar-refractivity contribution in [1.29, 1.82) is 0 Å². The van der Waals surface area contributed by atoms with Crippen LogP contribution in [0.1, 0.15) is 45.4 Å². The highest BCUT2D eigenvalue weighted by Gasteiger charge is 2.20. The monoisotopic (exact) mass is 222 g/mol. The summed E-state index contributed by atoms with van der Waals surface area (Å²) in [5, 5.41) is 0. The predicted molar refractivity (Wildman–Crippen MR) is 61.7 cm³/mol. The average molecular weight is 222 g/mol. The lowest BCUT2D eigenvalue weighted by atomic mass is 9.93. The Morgan fingerprint density at radius 2 is 2.06 bits per heavy atom. The van der Waals surface area contributed by atoms with Crippen LogP contribution in [0.3, 0.4) is 0 Å². The van der Waals surface area contributed by atoms with Gasteiger partial charge in [0.15, 0.2) is 5.78 Å². The van der Waals surface area contributed by atoms with Gasteiger partial charge in [-0.1, -0.05) is 6.08 Å². The van der Waals surface area contributed by atoms with Crippen molar-refractivity contribution in [2.45, 2.75) is 45.4 Å². The van der Waals surface area contributed by atoms with Crippen LogP contribution in [0.15, 0.2) is 24.0 Å². The molecule has 1 aliphatic rings. The number of allylic oxidation sites excluding steroid dienone is 3. The lowest BCUT2D eigenvalue weighted by Gasteiger charge is -2.18. The predicted octanol–water partition coefficient (Wildman–Crippen LogP) is 2.91. The number of carbonyl (C=O) groups excluding carboxylic acids is 2. The van der Waals surface area contributed by atoms with Crippen molar-refractivity contribution in [3.05, 3.63) is 24.0 Å². The smallest absolute Gasteiger partial charge is 0.307 e. The van der Waals surface area contributed by atoms with E-state index < -0.39 is 0 Å². The SMILES string of the molecule is C=CCCC(=O)C1=C(OC(C)=O)CCCC1. The van der Waals surface area contributed by atoms with Gasteiger partial charge in [0, 0.05) is 25.3 Å². The van der Waals surface area contributed by atoms with Crippen LogP contribution < -0.4 is 0 Å². The molecule has 1 aliphatic carbocycles. The Labute approximate surface area is 96.2 Å². The largest absolute Gasteiger partial charge is 0.431 e. The van der Waals surface area contributed by atoms with Crippen molar-refractivity contribution in [2.75, 3.05) is 0 Å². The number of carbonyl (C=O) groups is 2. The van der Waals surface area contributed by atoms with Gasteiger partial charge in [-0.3, -0.25) is 9.59 Å². The fourth-order valence-electron chi connectivity index (χ4n) is 1.84. The van der Waals surface area contributed by atoms with Gasteiger partial charge in [-0.25, -0.2) is 0 Å². The highest BCUT2D eigenvalue weighted by molar-refractivity contribution is 5.96. The first-order chi connectivity index (χ1) is 7.65. The zero-order chi connectivity index (χ0) is 12.0. The molecule has 3 heteroatoms. The summed E-state index contributed by atoms with van der Waals surface area (Å²) in [6.45, 7) is 4.96. The summed E-state index contributed by atoms with van der Waals surface area (Å²) in [5.74, 6) is 0.342. The van der Waals surface area contributed by atoms with Crippen molar-refractivity contribution < 1.29 is 14.3 Å². The first kappa shape index (κ1) is 12.7. The van der Waals surface area contributed by atoms with Crippen molar-refractivity contribution in [1.82, 2.24) is 0 Å². The van der Waals surface area contributed by atoms with E-state index in [2.05, 4.69) is 6.58 Å². The topological polar surface area (TPSA) is 43.4 Å². The van der Waals surface area contributed by atoms with E-state index in [4.69, 9.17) is 4.74 Å². The van der Waals surface area contributed by atoms with Crippen LogP contribution in [0, 0.1) is 0 Å². The molecule has 0 saturated heterocycles. The Bertz CT molecular complexity index is 326. The quantitative estimate of drug-likeness (QED) is 0.530. The molecule has 88 valence electrons. The summed E-state index contributed by atoms with van der Waals surface area (Å²) in [5.41, 5.74) is 0.711. The maximum Gasteiger partial charge on any atom is 0.307 e. The Balaban J connectivity index is 2.76. The molecule has 0 saturated carbocycles. The number of hydrogen-bond acceptors (Lipinski definition) is 3. The number of rotatable bonds is 5. The third-order valence-corrected chi connectivity index (χ3v) is 2.60. The molecular formula is C13H18O3. The van der Waals surface area contributed by atoms with E-state index in [-0.39, 0.29) is 11.8 Å². The zero-order valence-corrected chi connectivity index (χ0v) is 9.75. The second-order valence-electron chi connectivity index (χ2n) is 3.95. The van der Waals surface area contributed by atoms with Crippen LogP contribution >= 0.6 is 0 Å². The maximum absolute atomic E-state index is 11.9. The number of Topliss-reactive ketones (excluding diaryl/α,β-unsaturated/α-hetero) is 1. The summed E-state index contributed by atoms with van der Waals surface area (Å²) in [4.78, 5) is 22.8. The first-order valence-corrected chi connectivity index (χ1v) is 5.69. The minimum absolute atomic E-state index is 0.0934. The molecule has 1 rings (SSSR count). The summed E-state index contributed by atoms with van der Waals surface area (Å²) >= 11 is 0. The Morgan fingerprint density at radius 3 is 2.69 bits per heavy atom. The minimum Gasteiger partial charge on any atom is -0.431 e. The van der Waals surface area contributed by atoms with Crippen molar-refractivity contribution in [3.63, 3.8) is 0 Å². The molecule has 0 aliphatic heterocycles. The molecule has 3 nitrogen and oxygen atoms in total. The highest BCUT2D eigenvalue weighted by atomic mass is 16.5. The average Bonchev–Trinajstić information content (AvgIpc) is 2.26. The Kier molecular flexibility index (Phi) is 4.96. The molecule has 0 unspecified atom stereocenters. The normalized spacial score (nSPS) is 15.8. The molecule has 0 radical (unpaired) electrons. The van der Waals surface area contributed by atoms with Crippen LogP contribution in [-0.2, 0) is 14.3 Å². The molecule has 0 fully saturated rings. The van der Waals surface area contributed by atoms with Gasteiger partial charge in [0.2, 0.25) is 0 Å². The summed E-state index contributed by atoms with van der Waals surface area (Å²) in [7, 11) is 0. The second-order valence-corrected chi connectivity index (χ2v) is 3.95. The van der Waals surface area contributed by atoms with Gasteiger partial charge in [0.25, 0.3) is 0 Å². The van der Waals surface area contributed by atoms with Crippen LogP contribution in [0.2, 0.25) is 0 Å². The van der Waals surface area contributed by atoms with Crippen molar-refractivity contribution in [3.8, 4) is 0 Å². The van der Waals surface area contributed by atoms with Gasteiger partial charge in [0.05, 0.1) is 0 Å². The lowest BCUT2D eigenvalue weighted by Crippen LogP contribution is -2.13. The number of ketones is 1. The second kappa shape index (κ2) is 6.26. The maximum atomic E-state index is 11.9. The molecule has 16 heavy (non-hydrogen) atoms. The van der Waals surface area contributed by atoms with Gasteiger partial charge < -0.3 is 4.74 Å². The van der Waals surface area contributed by atoms with Gasteiger partial charge in [-0.15, -0.1) is 6.58 Å². The molecule has 0 aromatic carbocycles. The van der Waals surface area contributed by atoms with E-state index in [1.165, 1.54) is 6.92 Å². The number of hydrogen-bond donors (Lipinski definition) is 0. The van der Waals surface area contributed by atoms with E-state index in [1.807, 2.05) is 0 Å². The summed E-state index contributed by atoms with van der Waals surface area (Å²) in [6, 6.07) is 0. The van der Waals surface area contributed by atoms with E-state index in [0.29, 0.717) is 30.6 Å². The van der Waals surface area contributed by atoms with E-state index in [9.17, 15) is 9.59 Å². The minimum atomic E-state index is -0.342. The van der Waals surface area contributed by atoms with Gasteiger partial charge in [-0.2, -0.15) is 0 Å². The summed E-state index contributed by atoms with van der Waals surface area (Å²) in [6.07, 6.45) is 6.29. The van der Waals surface area contributed by atoms with Crippen LogP contribution in [0.5, 0.6) is 0 Å². The first-order valence-electron chi connectivity index (χ1n) is 5.69. The van der Waals surface area contributed by atoms with Gasteiger partial charge >= 0.3 is 5.97 Å². The van der Waals surface area contributed by atoms with Gasteiger partial charge in [0.1, 0.15) is 5.76 Å². The molecule has 0 amide bonds. The van der Waals surface area contributed by atoms with E-state index in [1.54, 1.807) is 6.08 Å². The third kappa shape index (κ3) is 3.65. The molecule has 0 N–H and O–H groups in total. The molecular weight excluding hydrogens is 204 g/mol. The van der Waals surface area contributed by atoms with E-state index in [0.717, 1.165) is 19.3 Å².